The number of hydrogen-bond acceptors (Lipinski definition) is 7. The first kappa shape index (κ1) is 24.3. The summed E-state index contributed by atoms with van der Waals surface area (Å²) in [5, 5.41) is 6.69. The number of amides is 1. The first-order valence-electron chi connectivity index (χ1n) is 12.4. The van der Waals surface area contributed by atoms with Crippen LogP contribution in [0.3, 0.4) is 0 Å². The highest BCUT2D eigenvalue weighted by atomic mass is 32.1. The number of thiophene rings is 1. The molecule has 0 unspecified atom stereocenters. The third kappa shape index (κ3) is 3.87. The predicted molar refractivity (Wildman–Crippen MR) is 141 cm³/mol. The molecule has 0 fully saturated rings. The second-order valence-electron chi connectivity index (χ2n) is 9.30. The number of ether oxygens (including phenoxy) is 2. The number of aryl methyl sites for hydroxylation is 1. The average Bonchev–Trinajstić information content (AvgIpc) is 3.59. The van der Waals surface area contributed by atoms with Gasteiger partial charge in [0.25, 0.3) is 5.91 Å². The SMILES string of the molecule is CCc1cc(C(=O)N2CCc3sccc3[C@H]2C)nc2cc(-c3ccc4c(c3F)OCC(C(=O)OC)=C4)nn12. The molecule has 0 N–H and O–H groups in total. The number of hydrogen-bond donors (Lipinski definition) is 0. The van der Waals surface area contributed by atoms with Crippen LogP contribution in [0, 0.1) is 5.82 Å². The normalized spacial score (nSPS) is 16.5. The maximum absolute atomic E-state index is 15.5. The quantitative estimate of drug-likeness (QED) is 0.349. The third-order valence-corrected chi connectivity index (χ3v) is 8.17. The van der Waals surface area contributed by atoms with Crippen LogP contribution in [-0.2, 0) is 22.4 Å². The van der Waals surface area contributed by atoms with Gasteiger partial charge < -0.3 is 14.4 Å². The van der Waals surface area contributed by atoms with E-state index in [9.17, 15) is 9.59 Å². The Bertz CT molecular complexity index is 1640. The molecule has 0 radical (unpaired) electrons. The number of fused-ring (bicyclic) bond motifs is 3. The fourth-order valence-electron chi connectivity index (χ4n) is 5.12. The molecule has 194 valence electrons. The lowest BCUT2D eigenvalue weighted by Gasteiger charge is -2.33. The minimum absolute atomic E-state index is 0.0283. The van der Waals surface area contributed by atoms with Crippen LogP contribution in [-0.4, -0.2) is 51.6 Å². The lowest BCUT2D eigenvalue weighted by atomic mass is 10.0. The van der Waals surface area contributed by atoms with Gasteiger partial charge in [0.2, 0.25) is 0 Å². The van der Waals surface area contributed by atoms with Gasteiger partial charge in [-0.3, -0.25) is 4.79 Å². The summed E-state index contributed by atoms with van der Waals surface area (Å²) >= 11 is 1.73. The molecule has 8 nitrogen and oxygen atoms in total. The van der Waals surface area contributed by atoms with Crippen molar-refractivity contribution in [1.29, 1.82) is 0 Å². The number of halogens is 1. The zero-order valence-electron chi connectivity index (χ0n) is 21.2. The monoisotopic (exact) mass is 532 g/mol. The molecule has 5 heterocycles. The Balaban J connectivity index is 1.36. The summed E-state index contributed by atoms with van der Waals surface area (Å²) in [6, 6.07) is 8.79. The first-order valence-corrected chi connectivity index (χ1v) is 13.3. The second-order valence-corrected chi connectivity index (χ2v) is 10.3. The Morgan fingerprint density at radius 3 is 2.89 bits per heavy atom. The molecule has 38 heavy (non-hydrogen) atoms. The number of carbonyl (C=O) groups excluding carboxylic acids is 2. The molecule has 3 aromatic heterocycles. The van der Waals surface area contributed by atoms with E-state index in [0.29, 0.717) is 41.1 Å². The Hall–Kier alpha value is -4.05. The van der Waals surface area contributed by atoms with Gasteiger partial charge in [0.05, 0.1) is 24.4 Å². The summed E-state index contributed by atoms with van der Waals surface area (Å²) < 4.78 is 27.5. The highest BCUT2D eigenvalue weighted by Gasteiger charge is 2.30. The van der Waals surface area contributed by atoms with Crippen LogP contribution in [0.25, 0.3) is 23.0 Å². The van der Waals surface area contributed by atoms with E-state index in [1.807, 2.05) is 18.7 Å². The van der Waals surface area contributed by atoms with Gasteiger partial charge in [-0.05, 0) is 55.0 Å². The zero-order chi connectivity index (χ0) is 26.6. The van der Waals surface area contributed by atoms with E-state index in [2.05, 4.69) is 21.5 Å². The van der Waals surface area contributed by atoms with E-state index < -0.39 is 11.8 Å². The van der Waals surface area contributed by atoms with E-state index >= 15 is 4.39 Å². The fraction of sp³-hybridized carbons (Fsp3) is 0.286. The zero-order valence-corrected chi connectivity index (χ0v) is 22.0. The molecule has 1 atom stereocenters. The maximum atomic E-state index is 15.5. The van der Waals surface area contributed by atoms with Gasteiger partial charge in [-0.15, -0.1) is 11.3 Å². The lowest BCUT2D eigenvalue weighted by Crippen LogP contribution is -2.38. The largest absolute Gasteiger partial charge is 0.485 e. The van der Waals surface area contributed by atoms with Crippen molar-refractivity contribution in [2.45, 2.75) is 32.7 Å². The molecule has 0 spiro atoms. The molecule has 0 bridgehead atoms. The molecule has 10 heteroatoms. The van der Waals surface area contributed by atoms with Crippen molar-refractivity contribution < 1.29 is 23.5 Å². The van der Waals surface area contributed by atoms with Gasteiger partial charge in [-0.25, -0.2) is 18.7 Å². The molecule has 4 aromatic rings. The molecule has 0 saturated heterocycles. The first-order chi connectivity index (χ1) is 18.4. The van der Waals surface area contributed by atoms with Gasteiger partial charge in [0.15, 0.2) is 17.2 Å². The number of benzene rings is 1. The number of carbonyl (C=O) groups is 2. The summed E-state index contributed by atoms with van der Waals surface area (Å²) in [7, 11) is 1.29. The molecule has 2 aliphatic rings. The predicted octanol–water partition coefficient (Wildman–Crippen LogP) is 4.87. The average molecular weight is 533 g/mol. The van der Waals surface area contributed by atoms with Crippen LogP contribution < -0.4 is 4.74 Å². The van der Waals surface area contributed by atoms with Gasteiger partial charge >= 0.3 is 5.97 Å². The van der Waals surface area contributed by atoms with Gasteiger partial charge in [0.1, 0.15) is 12.3 Å². The van der Waals surface area contributed by atoms with Gasteiger partial charge in [0, 0.05) is 34.3 Å². The molecule has 1 aromatic carbocycles. The molecule has 1 amide bonds. The van der Waals surface area contributed by atoms with Crippen LogP contribution in [0.15, 0.2) is 41.3 Å². The Labute approximate surface area is 222 Å². The van der Waals surface area contributed by atoms with Crippen molar-refractivity contribution in [2.24, 2.45) is 0 Å². The summed E-state index contributed by atoms with van der Waals surface area (Å²) in [5.41, 5.74) is 4.18. The Morgan fingerprint density at radius 2 is 2.11 bits per heavy atom. The fourth-order valence-corrected chi connectivity index (χ4v) is 6.08. The summed E-state index contributed by atoms with van der Waals surface area (Å²) in [6.07, 6.45) is 3.01. The number of aromatic nitrogens is 3. The van der Waals surface area contributed by atoms with Gasteiger partial charge in [-0.2, -0.15) is 5.10 Å². The van der Waals surface area contributed by atoms with Gasteiger partial charge in [-0.1, -0.05) is 13.0 Å². The molecule has 0 saturated carbocycles. The van der Waals surface area contributed by atoms with Crippen molar-refractivity contribution in [1.82, 2.24) is 19.5 Å². The van der Waals surface area contributed by atoms with E-state index in [0.717, 1.165) is 12.1 Å². The third-order valence-electron chi connectivity index (χ3n) is 7.17. The standard InChI is InChI=1S/C28H25FN4O4S/c1-4-18-12-22(27(34)32-9-7-23-19(15(32)2)8-10-38-23)30-24-13-21(31-33(18)24)20-6-5-16-11-17(28(35)36-3)14-37-26(16)25(20)29/h5-6,8,10-13,15H,4,7,9,14H2,1-3H3/t15-/m1/s1. The topological polar surface area (TPSA) is 86.0 Å². The minimum atomic E-state index is -0.575. The molecule has 0 aliphatic carbocycles. The summed E-state index contributed by atoms with van der Waals surface area (Å²) in [6.45, 7) is 4.58. The Morgan fingerprint density at radius 1 is 1.26 bits per heavy atom. The smallest absolute Gasteiger partial charge is 0.337 e. The number of nitrogens with zero attached hydrogens (tertiary/aromatic N) is 4. The van der Waals surface area contributed by atoms with Crippen molar-refractivity contribution in [3.8, 4) is 17.0 Å². The van der Waals surface area contributed by atoms with Crippen LogP contribution in [0.1, 0.15) is 52.1 Å². The van der Waals surface area contributed by atoms with Crippen molar-refractivity contribution in [3.05, 3.63) is 74.5 Å². The van der Waals surface area contributed by atoms with Crippen LogP contribution in [0.5, 0.6) is 5.75 Å². The highest BCUT2D eigenvalue weighted by Crippen LogP contribution is 2.36. The Kier molecular flexibility index (Phi) is 5.98. The maximum Gasteiger partial charge on any atom is 0.337 e. The highest BCUT2D eigenvalue weighted by molar-refractivity contribution is 7.10. The number of methoxy groups -OCH3 is 1. The summed E-state index contributed by atoms with van der Waals surface area (Å²) in [5.74, 6) is -1.16. The van der Waals surface area contributed by atoms with Crippen LogP contribution in [0.2, 0.25) is 0 Å². The van der Waals surface area contributed by atoms with E-state index in [4.69, 9.17) is 9.47 Å². The molecule has 6 rings (SSSR count). The molecular weight excluding hydrogens is 507 g/mol. The lowest BCUT2D eigenvalue weighted by molar-refractivity contribution is -0.136. The van der Waals surface area contributed by atoms with Crippen LogP contribution in [0.4, 0.5) is 4.39 Å². The van der Waals surface area contributed by atoms with Crippen molar-refractivity contribution in [2.75, 3.05) is 20.3 Å². The van der Waals surface area contributed by atoms with E-state index in [-0.39, 0.29) is 29.9 Å². The minimum Gasteiger partial charge on any atom is -0.485 e. The van der Waals surface area contributed by atoms with Crippen molar-refractivity contribution >= 4 is 34.9 Å². The molecular formula is C28H25FN4O4S. The number of rotatable bonds is 4. The summed E-state index contributed by atoms with van der Waals surface area (Å²) in [4.78, 5) is 33.2. The van der Waals surface area contributed by atoms with Crippen molar-refractivity contribution in [3.63, 3.8) is 0 Å². The van der Waals surface area contributed by atoms with Crippen LogP contribution >= 0.6 is 11.3 Å². The number of esters is 1. The second kappa shape index (κ2) is 9.36. The molecule has 2 aliphatic heterocycles. The van der Waals surface area contributed by atoms with E-state index in [1.165, 1.54) is 17.6 Å². The van der Waals surface area contributed by atoms with E-state index in [1.54, 1.807) is 46.2 Å².